The van der Waals surface area contributed by atoms with Crippen molar-refractivity contribution in [2.45, 2.75) is 6.42 Å². The van der Waals surface area contributed by atoms with Crippen LogP contribution in [-0.4, -0.2) is 24.0 Å². The van der Waals surface area contributed by atoms with E-state index in [1.807, 2.05) is 12.1 Å². The largest absolute Gasteiger partial charge is 0.349 e. The van der Waals surface area contributed by atoms with Crippen molar-refractivity contribution in [3.8, 4) is 0 Å². The minimum absolute atomic E-state index is 0.128. The van der Waals surface area contributed by atoms with E-state index in [2.05, 4.69) is 40.0 Å². The third-order valence-corrected chi connectivity index (χ3v) is 3.59. The maximum Gasteiger partial charge on any atom is 0.253 e. The van der Waals surface area contributed by atoms with Crippen LogP contribution in [0.2, 0.25) is 0 Å². The molecule has 2 heterocycles. The summed E-state index contributed by atoms with van der Waals surface area (Å²) in [6.45, 7) is 4.96. The second-order valence-electron chi connectivity index (χ2n) is 4.96. The Labute approximate surface area is 124 Å². The number of nitrogens with zero attached hydrogens (tertiary/aromatic N) is 2. The van der Waals surface area contributed by atoms with E-state index in [9.17, 15) is 4.79 Å². The van der Waals surface area contributed by atoms with Gasteiger partial charge in [-0.2, -0.15) is 0 Å². The lowest BCUT2D eigenvalue weighted by Gasteiger charge is -2.19. The Morgan fingerprint density at radius 2 is 2.24 bits per heavy atom. The van der Waals surface area contributed by atoms with E-state index >= 15 is 0 Å². The fourth-order valence-corrected chi connectivity index (χ4v) is 2.57. The molecule has 3 rings (SSSR count). The average Bonchev–Trinajstić information content (AvgIpc) is 2.97. The number of hydrogen-bond acceptors (Lipinski definition) is 3. The molecule has 106 valence electrons. The Balaban J connectivity index is 1.87. The first-order valence-electron chi connectivity index (χ1n) is 6.99. The minimum atomic E-state index is -0.128. The van der Waals surface area contributed by atoms with Gasteiger partial charge in [0.1, 0.15) is 0 Å². The van der Waals surface area contributed by atoms with E-state index in [0.717, 1.165) is 18.7 Å². The van der Waals surface area contributed by atoms with Crippen molar-refractivity contribution in [3.05, 3.63) is 66.5 Å². The molecular weight excluding hydrogens is 262 g/mol. The van der Waals surface area contributed by atoms with Gasteiger partial charge in [-0.1, -0.05) is 24.3 Å². The zero-order valence-electron chi connectivity index (χ0n) is 11.7. The first-order valence-corrected chi connectivity index (χ1v) is 6.99. The van der Waals surface area contributed by atoms with Gasteiger partial charge in [-0.05, 0) is 24.1 Å². The molecule has 0 unspecified atom stereocenters. The van der Waals surface area contributed by atoms with Gasteiger partial charge in [-0.3, -0.25) is 9.78 Å². The van der Waals surface area contributed by atoms with Gasteiger partial charge in [0.15, 0.2) is 0 Å². The molecule has 0 atom stereocenters. The van der Waals surface area contributed by atoms with Crippen molar-refractivity contribution in [1.29, 1.82) is 0 Å². The van der Waals surface area contributed by atoms with E-state index in [-0.39, 0.29) is 5.91 Å². The molecule has 4 heteroatoms. The van der Waals surface area contributed by atoms with E-state index in [1.54, 1.807) is 18.5 Å². The minimum Gasteiger partial charge on any atom is -0.349 e. The quantitative estimate of drug-likeness (QED) is 0.875. The molecule has 0 spiro atoms. The number of benzene rings is 1. The zero-order valence-corrected chi connectivity index (χ0v) is 11.7. The first kappa shape index (κ1) is 13.4. The lowest BCUT2D eigenvalue weighted by atomic mass is 10.2. The highest BCUT2D eigenvalue weighted by molar-refractivity contribution is 5.95. The van der Waals surface area contributed by atoms with E-state index in [4.69, 9.17) is 0 Å². The number of carbonyl (C=O) groups excluding carboxylic acids is 1. The number of hydrogen-bond donors (Lipinski definition) is 1. The predicted molar refractivity (Wildman–Crippen MR) is 83.9 cm³/mol. The fourth-order valence-electron chi connectivity index (χ4n) is 2.57. The lowest BCUT2D eigenvalue weighted by molar-refractivity contribution is 0.0957. The topological polar surface area (TPSA) is 45.2 Å². The SMILES string of the molecule is C=CCNC(=O)c1cncc(N2CCc3ccccc32)c1. The van der Waals surface area contributed by atoms with Crippen LogP contribution in [0.4, 0.5) is 11.4 Å². The van der Waals surface area contributed by atoms with Crippen LogP contribution in [0.5, 0.6) is 0 Å². The molecule has 21 heavy (non-hydrogen) atoms. The summed E-state index contributed by atoms with van der Waals surface area (Å²) in [5, 5.41) is 2.77. The Morgan fingerprint density at radius 1 is 1.38 bits per heavy atom. The standard InChI is InChI=1S/C17H17N3O/c1-2-8-19-17(21)14-10-15(12-18-11-14)20-9-7-13-5-3-4-6-16(13)20/h2-6,10-12H,1,7-9H2,(H,19,21). The summed E-state index contributed by atoms with van der Waals surface area (Å²) in [4.78, 5) is 18.4. The van der Waals surface area contributed by atoms with Crippen molar-refractivity contribution < 1.29 is 4.79 Å². The number of fused-ring (bicyclic) bond motifs is 1. The number of amides is 1. The Morgan fingerprint density at radius 3 is 3.10 bits per heavy atom. The number of para-hydroxylation sites is 1. The van der Waals surface area contributed by atoms with Crippen LogP contribution in [0.3, 0.4) is 0 Å². The third-order valence-electron chi connectivity index (χ3n) is 3.59. The van der Waals surface area contributed by atoms with Crippen LogP contribution in [0.1, 0.15) is 15.9 Å². The van der Waals surface area contributed by atoms with Crippen LogP contribution in [0.25, 0.3) is 0 Å². The van der Waals surface area contributed by atoms with Gasteiger partial charge >= 0.3 is 0 Å². The molecule has 0 radical (unpaired) electrons. The van der Waals surface area contributed by atoms with Gasteiger partial charge in [0.2, 0.25) is 0 Å². The molecule has 4 nitrogen and oxygen atoms in total. The maximum atomic E-state index is 12.0. The number of rotatable bonds is 4. The van der Waals surface area contributed by atoms with Crippen LogP contribution in [0, 0.1) is 0 Å². The fraction of sp³-hybridized carbons (Fsp3) is 0.176. The summed E-state index contributed by atoms with van der Waals surface area (Å²) in [5.74, 6) is -0.128. The molecule has 1 aromatic carbocycles. The monoisotopic (exact) mass is 279 g/mol. The van der Waals surface area contributed by atoms with Crippen LogP contribution in [-0.2, 0) is 6.42 Å². The summed E-state index contributed by atoms with van der Waals surface area (Å²) in [6.07, 6.45) is 6.06. The van der Waals surface area contributed by atoms with Crippen LogP contribution in [0.15, 0.2) is 55.4 Å². The van der Waals surface area contributed by atoms with Gasteiger partial charge in [0.25, 0.3) is 5.91 Å². The zero-order chi connectivity index (χ0) is 14.7. The van der Waals surface area contributed by atoms with Gasteiger partial charge < -0.3 is 10.2 Å². The number of pyridine rings is 1. The number of nitrogens with one attached hydrogen (secondary N) is 1. The maximum absolute atomic E-state index is 12.0. The molecule has 1 amide bonds. The molecule has 2 aromatic rings. The Hall–Kier alpha value is -2.62. The molecule has 0 bridgehead atoms. The van der Waals surface area contributed by atoms with Crippen molar-refractivity contribution in [2.24, 2.45) is 0 Å². The Kier molecular flexibility index (Phi) is 3.69. The van der Waals surface area contributed by atoms with Crippen molar-refractivity contribution in [3.63, 3.8) is 0 Å². The van der Waals surface area contributed by atoms with Gasteiger partial charge in [-0.25, -0.2) is 0 Å². The number of aromatic nitrogens is 1. The van der Waals surface area contributed by atoms with E-state index < -0.39 is 0 Å². The first-order chi connectivity index (χ1) is 10.3. The summed E-state index contributed by atoms with van der Waals surface area (Å²) in [6, 6.07) is 10.2. The molecular formula is C17H17N3O. The second-order valence-corrected chi connectivity index (χ2v) is 4.96. The highest BCUT2D eigenvalue weighted by Crippen LogP contribution is 2.33. The summed E-state index contributed by atoms with van der Waals surface area (Å²) < 4.78 is 0. The molecule has 1 aromatic heterocycles. The van der Waals surface area contributed by atoms with Crippen molar-refractivity contribution in [1.82, 2.24) is 10.3 Å². The highest BCUT2D eigenvalue weighted by atomic mass is 16.1. The molecule has 0 saturated heterocycles. The Bertz CT molecular complexity index is 681. The summed E-state index contributed by atoms with van der Waals surface area (Å²) in [7, 11) is 0. The van der Waals surface area contributed by atoms with Gasteiger partial charge in [0.05, 0.1) is 17.4 Å². The normalized spacial score (nSPS) is 12.9. The van der Waals surface area contributed by atoms with Crippen molar-refractivity contribution in [2.75, 3.05) is 18.0 Å². The second kappa shape index (κ2) is 5.79. The average molecular weight is 279 g/mol. The highest BCUT2D eigenvalue weighted by Gasteiger charge is 2.20. The van der Waals surface area contributed by atoms with Crippen LogP contribution < -0.4 is 10.2 Å². The lowest BCUT2D eigenvalue weighted by Crippen LogP contribution is -2.24. The van der Waals surface area contributed by atoms with Gasteiger partial charge in [0, 0.05) is 25.0 Å². The summed E-state index contributed by atoms with van der Waals surface area (Å²) >= 11 is 0. The summed E-state index contributed by atoms with van der Waals surface area (Å²) in [5.41, 5.74) is 4.05. The van der Waals surface area contributed by atoms with Crippen molar-refractivity contribution >= 4 is 17.3 Å². The third kappa shape index (κ3) is 2.65. The van der Waals surface area contributed by atoms with E-state index in [0.29, 0.717) is 12.1 Å². The van der Waals surface area contributed by atoms with Crippen LogP contribution >= 0.6 is 0 Å². The molecule has 1 aliphatic heterocycles. The van der Waals surface area contributed by atoms with Gasteiger partial charge in [-0.15, -0.1) is 6.58 Å². The smallest absolute Gasteiger partial charge is 0.253 e. The molecule has 0 saturated carbocycles. The molecule has 1 N–H and O–H groups in total. The number of anilines is 2. The van der Waals surface area contributed by atoms with E-state index in [1.165, 1.54) is 11.3 Å². The predicted octanol–water partition coefficient (Wildman–Crippen LogP) is 2.69. The number of carbonyl (C=O) groups is 1. The molecule has 1 aliphatic rings. The molecule has 0 fully saturated rings. The molecule has 0 aliphatic carbocycles.